The number of nitrogens with two attached hydrogens (primary N) is 1. The summed E-state index contributed by atoms with van der Waals surface area (Å²) in [4.78, 5) is 13.5. The number of anilines is 2. The second kappa shape index (κ2) is 8.25. The van der Waals surface area contributed by atoms with Gasteiger partial charge in [0.1, 0.15) is 0 Å². The highest BCUT2D eigenvalue weighted by atomic mass is 32.2. The van der Waals surface area contributed by atoms with Crippen molar-refractivity contribution in [1.29, 1.82) is 0 Å². The van der Waals surface area contributed by atoms with Crippen molar-refractivity contribution in [3.8, 4) is 21.8 Å². The Hall–Kier alpha value is -3.24. The van der Waals surface area contributed by atoms with E-state index in [-0.39, 0.29) is 0 Å². The summed E-state index contributed by atoms with van der Waals surface area (Å²) in [6.45, 7) is 1.76. The maximum absolute atomic E-state index is 13.8. The molecule has 0 amide bonds. The number of rotatable bonds is 5. The van der Waals surface area contributed by atoms with Gasteiger partial charge in [-0.05, 0) is 48.9 Å². The third-order valence-corrected chi connectivity index (χ3v) is 6.40. The van der Waals surface area contributed by atoms with Crippen molar-refractivity contribution in [2.24, 2.45) is 0 Å². The number of hydrogen-bond donors (Lipinski definition) is 2. The van der Waals surface area contributed by atoms with Crippen LogP contribution >= 0.6 is 11.3 Å². The first-order valence-corrected chi connectivity index (χ1v) is 10.7. The Bertz CT molecular complexity index is 1250. The van der Waals surface area contributed by atoms with Gasteiger partial charge < -0.3 is 5.73 Å². The lowest BCUT2D eigenvalue weighted by Crippen LogP contribution is -2.08. The molecule has 0 saturated heterocycles. The molecule has 0 radical (unpaired) electrons. The quantitative estimate of drug-likeness (QED) is 0.471. The van der Waals surface area contributed by atoms with E-state index in [4.69, 9.17) is 5.73 Å². The molecule has 1 unspecified atom stereocenters. The largest absolute Gasteiger partial charge is 0.397 e. The monoisotopic (exact) mass is 443 g/mol. The lowest BCUT2D eigenvalue weighted by molar-refractivity contribution is 0.509. The summed E-state index contributed by atoms with van der Waals surface area (Å²) in [5, 5.41) is 0.653. The highest BCUT2D eigenvalue weighted by Crippen LogP contribution is 2.38. The van der Waals surface area contributed by atoms with Crippen LogP contribution in [0, 0.1) is 18.6 Å². The van der Waals surface area contributed by atoms with Crippen molar-refractivity contribution in [3.05, 3.63) is 72.1 Å². The van der Waals surface area contributed by atoms with Gasteiger partial charge in [0.05, 0.1) is 28.1 Å². The molecule has 0 aliphatic heterocycles. The zero-order valence-electron chi connectivity index (χ0n) is 15.6. The van der Waals surface area contributed by atoms with Crippen molar-refractivity contribution in [2.45, 2.75) is 11.9 Å². The van der Waals surface area contributed by atoms with Gasteiger partial charge in [-0.1, -0.05) is 17.4 Å². The molecular weight excluding hydrogens is 428 g/mol. The molecule has 1 aromatic carbocycles. The van der Waals surface area contributed by atoms with Gasteiger partial charge in [0, 0.05) is 11.8 Å². The van der Waals surface area contributed by atoms with Crippen LogP contribution in [0.3, 0.4) is 0 Å². The molecule has 3 aromatic heterocycles. The smallest absolute Gasteiger partial charge is 0.196 e. The summed E-state index contributed by atoms with van der Waals surface area (Å²) in [5.41, 5.74) is 8.23. The van der Waals surface area contributed by atoms with Crippen LogP contribution in [0.25, 0.3) is 21.8 Å². The molecule has 3 N–H and O–H groups in total. The number of thiazole rings is 1. The molecule has 3 heterocycles. The number of nitrogens with zero attached hydrogens (tertiary/aromatic N) is 3. The van der Waals surface area contributed by atoms with Crippen molar-refractivity contribution >= 4 is 33.1 Å². The van der Waals surface area contributed by atoms with Gasteiger partial charge in [0.2, 0.25) is 0 Å². The molecule has 10 heteroatoms. The van der Waals surface area contributed by atoms with E-state index in [1.54, 1.807) is 31.3 Å². The fraction of sp³-hybridized carbons (Fsp3) is 0.0500. The Balaban J connectivity index is 1.75. The minimum atomic E-state index is -1.69. The first-order valence-electron chi connectivity index (χ1n) is 8.70. The number of benzene rings is 1. The van der Waals surface area contributed by atoms with E-state index >= 15 is 0 Å². The molecule has 0 saturated carbocycles. The average molecular weight is 444 g/mol. The van der Waals surface area contributed by atoms with Gasteiger partial charge in [-0.3, -0.25) is 9.71 Å². The molecule has 0 bridgehead atoms. The first kappa shape index (κ1) is 20.0. The van der Waals surface area contributed by atoms with E-state index in [9.17, 15) is 13.0 Å². The van der Waals surface area contributed by atoms with Crippen molar-refractivity contribution in [2.75, 3.05) is 10.5 Å². The Morgan fingerprint density at radius 1 is 1.10 bits per heavy atom. The average Bonchev–Trinajstić information content (AvgIpc) is 3.14. The summed E-state index contributed by atoms with van der Waals surface area (Å²) in [5.74, 6) is -1.93. The maximum atomic E-state index is 13.8. The van der Waals surface area contributed by atoms with Crippen molar-refractivity contribution in [1.82, 2.24) is 15.0 Å². The van der Waals surface area contributed by atoms with E-state index in [0.29, 0.717) is 43.2 Å². The number of hydrogen-bond acceptors (Lipinski definition) is 6. The molecule has 0 fully saturated rings. The number of halogens is 2. The number of nitrogen functional groups attached to an aromatic ring is 1. The first-order chi connectivity index (χ1) is 14.4. The van der Waals surface area contributed by atoms with E-state index < -0.39 is 22.6 Å². The summed E-state index contributed by atoms with van der Waals surface area (Å²) >= 11 is 1.20. The molecule has 30 heavy (non-hydrogen) atoms. The zero-order chi connectivity index (χ0) is 21.3. The van der Waals surface area contributed by atoms with Crippen LogP contribution in [-0.4, -0.2) is 19.2 Å². The second-order valence-corrected chi connectivity index (χ2v) is 8.43. The van der Waals surface area contributed by atoms with Crippen LogP contribution in [-0.2, 0) is 11.0 Å². The summed E-state index contributed by atoms with van der Waals surface area (Å²) in [7, 11) is -1.69. The molecule has 152 valence electrons. The van der Waals surface area contributed by atoms with E-state index in [0.717, 1.165) is 12.1 Å². The van der Waals surface area contributed by atoms with E-state index in [2.05, 4.69) is 19.7 Å². The lowest BCUT2D eigenvalue weighted by atomic mass is 10.1. The normalized spacial score (nSPS) is 12.0. The Morgan fingerprint density at radius 3 is 2.63 bits per heavy atom. The fourth-order valence-electron chi connectivity index (χ4n) is 2.78. The molecule has 4 rings (SSSR count). The third-order valence-electron chi connectivity index (χ3n) is 4.12. The van der Waals surface area contributed by atoms with E-state index in [1.807, 2.05) is 6.07 Å². The van der Waals surface area contributed by atoms with Gasteiger partial charge in [-0.25, -0.2) is 23.0 Å². The van der Waals surface area contributed by atoms with Gasteiger partial charge in [-0.2, -0.15) is 0 Å². The molecule has 1 atom stereocenters. The summed E-state index contributed by atoms with van der Waals surface area (Å²) in [6.07, 6.45) is 3.05. The minimum Gasteiger partial charge on any atom is -0.397 e. The van der Waals surface area contributed by atoms with Gasteiger partial charge in [0.25, 0.3) is 0 Å². The highest BCUT2D eigenvalue weighted by molar-refractivity contribution is 7.86. The predicted molar refractivity (Wildman–Crippen MR) is 114 cm³/mol. The number of aryl methyl sites for hydroxylation is 1. The molecule has 0 spiro atoms. The summed E-state index contributed by atoms with van der Waals surface area (Å²) < 4.78 is 42.8. The third kappa shape index (κ3) is 4.05. The van der Waals surface area contributed by atoms with E-state index in [1.165, 1.54) is 23.6 Å². The zero-order valence-corrected chi connectivity index (χ0v) is 17.2. The van der Waals surface area contributed by atoms with Crippen LogP contribution in [0.1, 0.15) is 5.56 Å². The topological polar surface area (TPSA) is 93.8 Å². The molecule has 0 aliphatic carbocycles. The van der Waals surface area contributed by atoms with Crippen LogP contribution in [0.5, 0.6) is 0 Å². The Morgan fingerprint density at radius 2 is 1.93 bits per heavy atom. The van der Waals surface area contributed by atoms with Crippen molar-refractivity contribution < 1.29 is 13.0 Å². The van der Waals surface area contributed by atoms with Gasteiger partial charge >= 0.3 is 0 Å². The number of aromatic nitrogens is 3. The SMILES string of the molecule is Cc1cc(N)cnc1S(=O)Nc1nc(-c2ccc(F)c(F)c2)c(-c2ccccn2)s1. The van der Waals surface area contributed by atoms with Crippen LogP contribution in [0.2, 0.25) is 0 Å². The highest BCUT2D eigenvalue weighted by Gasteiger charge is 2.19. The second-order valence-electron chi connectivity index (χ2n) is 6.30. The predicted octanol–water partition coefficient (Wildman–Crippen LogP) is 4.57. The molecule has 6 nitrogen and oxygen atoms in total. The minimum absolute atomic E-state index is 0.326. The lowest BCUT2D eigenvalue weighted by Gasteiger charge is -2.05. The van der Waals surface area contributed by atoms with Crippen LogP contribution in [0.4, 0.5) is 19.6 Å². The standard InChI is InChI=1S/C20H15F2N5OS2/c1-11-8-13(23)10-25-19(11)30(28)27-20-26-17(12-5-6-14(21)15(22)9-12)18(29-20)16-4-2-3-7-24-16/h2-10H,23H2,1H3,(H,26,27). The fourth-order valence-corrected chi connectivity index (χ4v) is 4.79. The molecular formula is C20H15F2N5OS2. The van der Waals surface area contributed by atoms with Crippen molar-refractivity contribution in [3.63, 3.8) is 0 Å². The Labute approximate surface area is 177 Å². The van der Waals surface area contributed by atoms with Crippen LogP contribution < -0.4 is 10.5 Å². The maximum Gasteiger partial charge on any atom is 0.196 e. The number of pyridine rings is 2. The van der Waals surface area contributed by atoms with Gasteiger partial charge in [0.15, 0.2) is 32.8 Å². The van der Waals surface area contributed by atoms with Gasteiger partial charge in [-0.15, -0.1) is 0 Å². The van der Waals surface area contributed by atoms with Crippen LogP contribution in [0.15, 0.2) is 59.9 Å². The molecule has 4 aromatic rings. The number of nitrogens with one attached hydrogen (secondary N) is 1. The molecule has 0 aliphatic rings. The summed E-state index contributed by atoms with van der Waals surface area (Å²) in [6, 6.07) is 10.6. The Kier molecular flexibility index (Phi) is 5.51.